The number of esters is 1. The van der Waals surface area contributed by atoms with E-state index >= 15 is 0 Å². The van der Waals surface area contributed by atoms with E-state index in [0.29, 0.717) is 22.4 Å². The standard InChI is InChI=1S/C21H30ClN3O4/c1-12-5-4-6-17(13(12)2)24-20(27)14(3)29-19(26)11-18(25-21(23)28)15-7-9-16(22)10-8-15/h7-10,12-14,17-18H,4-6,11H2,1-3H3,(H,24,27)(H3,23,25,28)/t12-,13+,14+,17+,18-/m0/s1. The second-order valence-corrected chi connectivity index (χ2v) is 8.27. The van der Waals surface area contributed by atoms with Crippen LogP contribution in [-0.2, 0) is 14.3 Å². The van der Waals surface area contributed by atoms with Crippen molar-refractivity contribution in [3.05, 3.63) is 34.9 Å². The van der Waals surface area contributed by atoms with Crippen LogP contribution in [0.1, 0.15) is 58.1 Å². The monoisotopic (exact) mass is 423 g/mol. The number of rotatable bonds is 7. The van der Waals surface area contributed by atoms with Crippen molar-refractivity contribution in [2.24, 2.45) is 17.6 Å². The first-order valence-electron chi connectivity index (χ1n) is 9.98. The molecule has 0 bridgehead atoms. The van der Waals surface area contributed by atoms with Crippen LogP contribution in [0.5, 0.6) is 0 Å². The van der Waals surface area contributed by atoms with Gasteiger partial charge in [-0.1, -0.05) is 50.4 Å². The summed E-state index contributed by atoms with van der Waals surface area (Å²) in [5, 5.41) is 6.06. The second-order valence-electron chi connectivity index (χ2n) is 7.83. The Morgan fingerprint density at radius 3 is 2.48 bits per heavy atom. The summed E-state index contributed by atoms with van der Waals surface area (Å²) >= 11 is 5.88. The molecule has 1 aromatic carbocycles. The van der Waals surface area contributed by atoms with Crippen LogP contribution in [0.3, 0.4) is 0 Å². The molecule has 29 heavy (non-hydrogen) atoms. The lowest BCUT2D eigenvalue weighted by molar-refractivity contribution is -0.155. The van der Waals surface area contributed by atoms with E-state index < -0.39 is 24.1 Å². The lowest BCUT2D eigenvalue weighted by Crippen LogP contribution is -2.47. The van der Waals surface area contributed by atoms with E-state index in [0.717, 1.165) is 19.3 Å². The van der Waals surface area contributed by atoms with E-state index in [1.54, 1.807) is 31.2 Å². The lowest BCUT2D eigenvalue weighted by Gasteiger charge is -2.35. The minimum atomic E-state index is -0.925. The predicted molar refractivity (Wildman–Crippen MR) is 111 cm³/mol. The van der Waals surface area contributed by atoms with Crippen molar-refractivity contribution in [2.45, 2.75) is 64.6 Å². The zero-order valence-corrected chi connectivity index (χ0v) is 17.9. The van der Waals surface area contributed by atoms with Crippen molar-refractivity contribution in [1.29, 1.82) is 0 Å². The number of nitrogens with two attached hydrogens (primary N) is 1. The normalized spacial score (nSPS) is 23.5. The molecule has 0 aliphatic heterocycles. The number of benzene rings is 1. The number of hydrogen-bond acceptors (Lipinski definition) is 4. The van der Waals surface area contributed by atoms with Gasteiger partial charge in [-0.2, -0.15) is 0 Å². The Morgan fingerprint density at radius 2 is 1.86 bits per heavy atom. The highest BCUT2D eigenvalue weighted by Gasteiger charge is 2.30. The van der Waals surface area contributed by atoms with Gasteiger partial charge in [0, 0.05) is 11.1 Å². The molecule has 1 fully saturated rings. The van der Waals surface area contributed by atoms with Crippen LogP contribution in [-0.4, -0.2) is 30.1 Å². The number of urea groups is 1. The molecule has 0 radical (unpaired) electrons. The fourth-order valence-corrected chi connectivity index (χ4v) is 3.80. The van der Waals surface area contributed by atoms with Crippen LogP contribution in [0.15, 0.2) is 24.3 Å². The lowest BCUT2D eigenvalue weighted by atomic mass is 9.78. The number of carbonyl (C=O) groups is 3. The third-order valence-electron chi connectivity index (χ3n) is 5.67. The van der Waals surface area contributed by atoms with Crippen molar-refractivity contribution in [3.63, 3.8) is 0 Å². The van der Waals surface area contributed by atoms with Gasteiger partial charge in [0.1, 0.15) is 0 Å². The van der Waals surface area contributed by atoms with Gasteiger partial charge in [-0.3, -0.25) is 9.59 Å². The van der Waals surface area contributed by atoms with Gasteiger partial charge in [0.15, 0.2) is 6.10 Å². The summed E-state index contributed by atoms with van der Waals surface area (Å²) < 4.78 is 5.30. The molecule has 0 unspecified atom stereocenters. The average molecular weight is 424 g/mol. The molecular formula is C21H30ClN3O4. The fraction of sp³-hybridized carbons (Fsp3) is 0.571. The van der Waals surface area contributed by atoms with Gasteiger partial charge in [0.05, 0.1) is 12.5 Å². The molecule has 0 spiro atoms. The molecule has 0 saturated heterocycles. The van der Waals surface area contributed by atoms with E-state index in [9.17, 15) is 14.4 Å². The highest BCUT2D eigenvalue weighted by atomic mass is 35.5. The molecule has 1 aliphatic carbocycles. The molecule has 3 amide bonds. The third-order valence-corrected chi connectivity index (χ3v) is 5.92. The van der Waals surface area contributed by atoms with E-state index in [2.05, 4.69) is 24.5 Å². The number of nitrogens with one attached hydrogen (secondary N) is 2. The van der Waals surface area contributed by atoms with E-state index in [1.807, 2.05) is 0 Å². The SMILES string of the molecule is C[C@@H]1[C@@H](C)CCC[C@H]1NC(=O)[C@@H](C)OC(=O)C[C@H](NC(N)=O)c1ccc(Cl)cc1. The Bertz CT molecular complexity index is 725. The molecule has 2 rings (SSSR count). The molecular weight excluding hydrogens is 394 g/mol. The van der Waals surface area contributed by atoms with E-state index in [4.69, 9.17) is 22.1 Å². The number of hydrogen-bond donors (Lipinski definition) is 3. The highest BCUT2D eigenvalue weighted by Crippen LogP contribution is 2.29. The molecule has 4 N–H and O–H groups in total. The number of primary amides is 1. The summed E-state index contributed by atoms with van der Waals surface area (Å²) in [4.78, 5) is 36.2. The molecule has 8 heteroatoms. The Kier molecular flexibility index (Phi) is 8.32. The van der Waals surface area contributed by atoms with Crippen LogP contribution < -0.4 is 16.4 Å². The smallest absolute Gasteiger partial charge is 0.312 e. The van der Waals surface area contributed by atoms with E-state index in [1.165, 1.54) is 0 Å². The van der Waals surface area contributed by atoms with Gasteiger partial charge < -0.3 is 21.1 Å². The largest absolute Gasteiger partial charge is 0.452 e. The van der Waals surface area contributed by atoms with Crippen LogP contribution >= 0.6 is 11.6 Å². The van der Waals surface area contributed by atoms with Crippen molar-refractivity contribution in [1.82, 2.24) is 10.6 Å². The fourth-order valence-electron chi connectivity index (χ4n) is 3.67. The van der Waals surface area contributed by atoms with Crippen LogP contribution in [0.4, 0.5) is 4.79 Å². The Hall–Kier alpha value is -2.28. The first-order chi connectivity index (χ1) is 13.7. The maximum absolute atomic E-state index is 12.5. The third kappa shape index (κ3) is 6.92. The van der Waals surface area contributed by atoms with Crippen LogP contribution in [0.2, 0.25) is 5.02 Å². The quantitative estimate of drug-likeness (QED) is 0.584. The zero-order chi connectivity index (χ0) is 21.6. The Labute approximate surface area is 176 Å². The van der Waals surface area contributed by atoms with Crippen molar-refractivity contribution in [3.8, 4) is 0 Å². The van der Waals surface area contributed by atoms with Crippen LogP contribution in [0, 0.1) is 11.8 Å². The number of halogens is 1. The molecule has 0 heterocycles. The molecule has 1 aliphatic rings. The van der Waals surface area contributed by atoms with Gasteiger partial charge in [0.2, 0.25) is 0 Å². The number of ether oxygens (including phenoxy) is 1. The van der Waals surface area contributed by atoms with Gasteiger partial charge in [-0.25, -0.2) is 4.79 Å². The number of carbonyl (C=O) groups excluding carboxylic acids is 3. The van der Waals surface area contributed by atoms with Crippen molar-refractivity contribution >= 4 is 29.5 Å². The summed E-state index contributed by atoms with van der Waals surface area (Å²) in [6.45, 7) is 5.87. The molecule has 0 aromatic heterocycles. The van der Waals surface area contributed by atoms with Gasteiger partial charge >= 0.3 is 12.0 Å². The summed E-state index contributed by atoms with van der Waals surface area (Å²) in [6.07, 6.45) is 2.09. The minimum Gasteiger partial charge on any atom is -0.452 e. The summed E-state index contributed by atoms with van der Waals surface area (Å²) in [5.74, 6) is 0.0122. The predicted octanol–water partition coefficient (Wildman–Crippen LogP) is 3.31. The molecule has 7 nitrogen and oxygen atoms in total. The number of amides is 3. The first-order valence-corrected chi connectivity index (χ1v) is 10.4. The van der Waals surface area contributed by atoms with Gasteiger partial charge in [-0.15, -0.1) is 0 Å². The van der Waals surface area contributed by atoms with Crippen molar-refractivity contribution in [2.75, 3.05) is 0 Å². The summed E-state index contributed by atoms with van der Waals surface area (Å²) in [5.41, 5.74) is 5.88. The Balaban J connectivity index is 1.93. The molecule has 160 valence electrons. The zero-order valence-electron chi connectivity index (χ0n) is 17.1. The maximum atomic E-state index is 12.5. The van der Waals surface area contributed by atoms with Crippen molar-refractivity contribution < 1.29 is 19.1 Å². The molecule has 1 saturated carbocycles. The van der Waals surface area contributed by atoms with Crippen LogP contribution in [0.25, 0.3) is 0 Å². The van der Waals surface area contributed by atoms with Gasteiger partial charge in [0.25, 0.3) is 5.91 Å². The molecule has 1 aromatic rings. The maximum Gasteiger partial charge on any atom is 0.312 e. The summed E-state index contributed by atoms with van der Waals surface area (Å²) in [7, 11) is 0. The minimum absolute atomic E-state index is 0.0887. The topological polar surface area (TPSA) is 111 Å². The Morgan fingerprint density at radius 1 is 1.21 bits per heavy atom. The highest BCUT2D eigenvalue weighted by molar-refractivity contribution is 6.30. The average Bonchev–Trinajstić information content (AvgIpc) is 2.65. The summed E-state index contributed by atoms with van der Waals surface area (Å²) in [6, 6.07) is 5.35. The first kappa shape index (κ1) is 23.0. The van der Waals surface area contributed by atoms with E-state index in [-0.39, 0.29) is 18.4 Å². The second kappa shape index (κ2) is 10.5. The molecule has 5 atom stereocenters. The van der Waals surface area contributed by atoms with Gasteiger partial charge in [-0.05, 0) is 42.9 Å².